The zero-order valence-electron chi connectivity index (χ0n) is 15.5. The maximum Gasteiger partial charge on any atom is 0.491 e. The smallest absolute Gasteiger partial charge is 0.400 e. The minimum atomic E-state index is -0.418. The maximum absolute atomic E-state index is 6.16. The van der Waals surface area contributed by atoms with E-state index in [1.165, 1.54) is 11.1 Å². The highest BCUT2D eigenvalue weighted by molar-refractivity contribution is 6.56. The molecule has 2 aromatic carbocycles. The second-order valence-corrected chi connectivity index (χ2v) is 7.46. The third kappa shape index (κ3) is 3.57. The van der Waals surface area contributed by atoms with Crippen molar-refractivity contribution in [1.29, 1.82) is 0 Å². The van der Waals surface area contributed by atoms with Crippen LogP contribution in [0.3, 0.4) is 0 Å². The molecule has 0 radical (unpaired) electrons. The van der Waals surface area contributed by atoms with Gasteiger partial charge in [-0.25, -0.2) is 0 Å². The lowest BCUT2D eigenvalue weighted by Gasteiger charge is -2.32. The average molecular weight is 335 g/mol. The summed E-state index contributed by atoms with van der Waals surface area (Å²) in [7, 11) is -0.418. The first-order valence-electron chi connectivity index (χ1n) is 8.75. The molecule has 1 heterocycles. The molecule has 0 aromatic heterocycles. The molecule has 0 amide bonds. The molecule has 4 heteroatoms. The fourth-order valence-electron chi connectivity index (χ4n) is 2.92. The molecular formula is C21H26BNO2. The van der Waals surface area contributed by atoms with Crippen molar-refractivity contribution in [3.8, 4) is 11.1 Å². The molecule has 25 heavy (non-hydrogen) atoms. The highest BCUT2D eigenvalue weighted by Crippen LogP contribution is 2.39. The summed E-state index contributed by atoms with van der Waals surface area (Å²) in [5.41, 5.74) is 9.71. The average Bonchev–Trinajstić information content (AvgIpc) is 2.81. The van der Waals surface area contributed by atoms with Crippen molar-refractivity contribution in [2.45, 2.75) is 38.9 Å². The Morgan fingerprint density at radius 3 is 2.08 bits per heavy atom. The third-order valence-electron chi connectivity index (χ3n) is 5.18. The van der Waals surface area contributed by atoms with E-state index in [0.29, 0.717) is 6.54 Å². The standard InChI is InChI=1S/C21H26BNO2/c1-20(2)21(3,4)25-22(24-20)18(15-23)14-17-12-8-9-13-19(17)16-10-6-5-7-11-16/h5-14H,15,23H2,1-4H3. The van der Waals surface area contributed by atoms with E-state index < -0.39 is 7.12 Å². The van der Waals surface area contributed by atoms with Crippen molar-refractivity contribution in [3.05, 3.63) is 65.6 Å². The largest absolute Gasteiger partial charge is 0.491 e. The molecular weight excluding hydrogens is 309 g/mol. The Hall–Kier alpha value is -1.88. The minimum absolute atomic E-state index is 0.370. The fourth-order valence-corrected chi connectivity index (χ4v) is 2.92. The van der Waals surface area contributed by atoms with Gasteiger partial charge in [-0.2, -0.15) is 0 Å². The summed E-state index contributed by atoms with van der Waals surface area (Å²) >= 11 is 0. The van der Waals surface area contributed by atoms with E-state index in [1.807, 2.05) is 24.3 Å². The van der Waals surface area contributed by atoms with Gasteiger partial charge < -0.3 is 15.0 Å². The number of hydrogen-bond donors (Lipinski definition) is 1. The highest BCUT2D eigenvalue weighted by atomic mass is 16.7. The van der Waals surface area contributed by atoms with Crippen LogP contribution < -0.4 is 5.73 Å². The first kappa shape index (κ1) is 17.9. The molecule has 0 saturated carbocycles. The Labute approximate surface area is 151 Å². The van der Waals surface area contributed by atoms with Gasteiger partial charge in [0, 0.05) is 6.54 Å². The predicted octanol–water partition coefficient (Wildman–Crippen LogP) is 4.33. The molecule has 1 fully saturated rings. The van der Waals surface area contributed by atoms with E-state index in [4.69, 9.17) is 15.0 Å². The molecule has 1 saturated heterocycles. The summed E-state index contributed by atoms with van der Waals surface area (Å²) in [4.78, 5) is 0. The molecule has 2 N–H and O–H groups in total. The van der Waals surface area contributed by atoms with Gasteiger partial charge in [0.25, 0.3) is 0 Å². The van der Waals surface area contributed by atoms with Gasteiger partial charge in [-0.15, -0.1) is 0 Å². The van der Waals surface area contributed by atoms with Gasteiger partial charge in [-0.1, -0.05) is 60.7 Å². The van der Waals surface area contributed by atoms with Crippen LogP contribution in [0.1, 0.15) is 33.3 Å². The summed E-state index contributed by atoms with van der Waals surface area (Å²) in [5.74, 6) is 0. The molecule has 2 aromatic rings. The summed E-state index contributed by atoms with van der Waals surface area (Å²) in [6.07, 6.45) is 2.10. The van der Waals surface area contributed by atoms with E-state index >= 15 is 0 Å². The molecule has 0 aliphatic carbocycles. The fraction of sp³-hybridized carbons (Fsp3) is 0.333. The molecule has 0 atom stereocenters. The summed E-state index contributed by atoms with van der Waals surface area (Å²) in [5, 5.41) is 0. The van der Waals surface area contributed by atoms with Crippen LogP contribution in [0, 0.1) is 0 Å². The van der Waals surface area contributed by atoms with E-state index in [9.17, 15) is 0 Å². The summed E-state index contributed by atoms with van der Waals surface area (Å²) in [6.45, 7) is 8.61. The van der Waals surface area contributed by atoms with E-state index in [0.717, 1.165) is 11.0 Å². The maximum atomic E-state index is 6.16. The van der Waals surface area contributed by atoms with Gasteiger partial charge in [-0.05, 0) is 49.9 Å². The summed E-state index contributed by atoms with van der Waals surface area (Å²) in [6, 6.07) is 18.7. The lowest BCUT2D eigenvalue weighted by atomic mass is 9.76. The second kappa shape index (κ2) is 6.79. The van der Waals surface area contributed by atoms with Crippen LogP contribution in [0.4, 0.5) is 0 Å². The molecule has 0 bridgehead atoms. The quantitative estimate of drug-likeness (QED) is 0.846. The van der Waals surface area contributed by atoms with Gasteiger partial charge in [0.2, 0.25) is 0 Å². The van der Waals surface area contributed by atoms with Crippen molar-refractivity contribution in [2.75, 3.05) is 6.54 Å². The molecule has 3 nitrogen and oxygen atoms in total. The normalized spacial score (nSPS) is 19.2. The lowest BCUT2D eigenvalue weighted by molar-refractivity contribution is 0.00578. The van der Waals surface area contributed by atoms with Gasteiger partial charge in [-0.3, -0.25) is 0 Å². The second-order valence-electron chi connectivity index (χ2n) is 7.46. The Bertz CT molecular complexity index is 752. The number of benzene rings is 2. The predicted molar refractivity (Wildman–Crippen MR) is 105 cm³/mol. The van der Waals surface area contributed by atoms with Gasteiger partial charge in [0.05, 0.1) is 11.2 Å². The van der Waals surface area contributed by atoms with Gasteiger partial charge >= 0.3 is 7.12 Å². The zero-order valence-corrected chi connectivity index (χ0v) is 15.5. The molecule has 1 aliphatic heterocycles. The van der Waals surface area contributed by atoms with Crippen LogP contribution in [0.25, 0.3) is 17.2 Å². The summed E-state index contributed by atoms with van der Waals surface area (Å²) < 4.78 is 12.3. The molecule has 0 unspecified atom stereocenters. The third-order valence-corrected chi connectivity index (χ3v) is 5.18. The van der Waals surface area contributed by atoms with Crippen LogP contribution >= 0.6 is 0 Å². The van der Waals surface area contributed by atoms with Crippen molar-refractivity contribution in [3.63, 3.8) is 0 Å². The lowest BCUT2D eigenvalue weighted by Crippen LogP contribution is -2.41. The van der Waals surface area contributed by atoms with E-state index in [2.05, 4.69) is 64.1 Å². The zero-order chi connectivity index (χ0) is 18.1. The molecule has 130 valence electrons. The monoisotopic (exact) mass is 335 g/mol. The minimum Gasteiger partial charge on any atom is -0.400 e. The Morgan fingerprint density at radius 2 is 1.48 bits per heavy atom. The van der Waals surface area contributed by atoms with Crippen LogP contribution in [0.15, 0.2) is 60.1 Å². The van der Waals surface area contributed by atoms with Crippen molar-refractivity contribution in [1.82, 2.24) is 0 Å². The van der Waals surface area contributed by atoms with Crippen molar-refractivity contribution < 1.29 is 9.31 Å². The van der Waals surface area contributed by atoms with Crippen molar-refractivity contribution in [2.24, 2.45) is 5.73 Å². The van der Waals surface area contributed by atoms with Crippen LogP contribution in [0.2, 0.25) is 0 Å². The SMILES string of the molecule is CC1(C)OB(C(=Cc2ccccc2-c2ccccc2)CN)OC1(C)C. The van der Waals surface area contributed by atoms with Crippen molar-refractivity contribution >= 4 is 13.2 Å². The van der Waals surface area contributed by atoms with Crippen LogP contribution in [-0.2, 0) is 9.31 Å². The van der Waals surface area contributed by atoms with Gasteiger partial charge in [0.15, 0.2) is 0 Å². The number of nitrogens with two attached hydrogens (primary N) is 1. The molecule has 3 rings (SSSR count). The Morgan fingerprint density at radius 1 is 0.920 bits per heavy atom. The Balaban J connectivity index is 1.97. The van der Waals surface area contributed by atoms with Crippen LogP contribution in [0.5, 0.6) is 0 Å². The van der Waals surface area contributed by atoms with E-state index in [-0.39, 0.29) is 11.2 Å². The van der Waals surface area contributed by atoms with Gasteiger partial charge in [0.1, 0.15) is 0 Å². The molecule has 1 aliphatic rings. The van der Waals surface area contributed by atoms with E-state index in [1.54, 1.807) is 0 Å². The highest BCUT2D eigenvalue weighted by Gasteiger charge is 2.52. The Kier molecular flexibility index (Phi) is 4.87. The number of rotatable bonds is 4. The first-order chi connectivity index (χ1) is 11.8. The first-order valence-corrected chi connectivity index (χ1v) is 8.75. The molecule has 0 spiro atoms. The number of hydrogen-bond acceptors (Lipinski definition) is 3. The topological polar surface area (TPSA) is 44.5 Å². The van der Waals surface area contributed by atoms with Crippen LogP contribution in [-0.4, -0.2) is 24.9 Å².